The molecule has 0 aromatic rings. The Kier molecular flexibility index (Phi) is 6.60. The Balaban J connectivity index is 3.83. The van der Waals surface area contributed by atoms with Gasteiger partial charge >= 0.3 is 5.97 Å². The first-order chi connectivity index (χ1) is 7.26. The molecule has 4 nitrogen and oxygen atoms in total. The number of hydrogen-bond donors (Lipinski definition) is 0. The number of esters is 1. The summed E-state index contributed by atoms with van der Waals surface area (Å²) in [6.07, 6.45) is 0.418. The number of rotatable bonds is 6. The molecule has 0 saturated heterocycles. The van der Waals surface area contributed by atoms with Crippen molar-refractivity contribution in [1.82, 2.24) is 4.90 Å². The van der Waals surface area contributed by atoms with Gasteiger partial charge in [0.1, 0.15) is 5.60 Å². The summed E-state index contributed by atoms with van der Waals surface area (Å²) in [7, 11) is 3.66. The van der Waals surface area contributed by atoms with Gasteiger partial charge in [0.15, 0.2) is 0 Å². The zero-order chi connectivity index (χ0) is 12.8. The molecule has 1 unspecified atom stereocenters. The van der Waals surface area contributed by atoms with Crippen LogP contribution in [0.5, 0.6) is 0 Å². The summed E-state index contributed by atoms with van der Waals surface area (Å²) in [6, 6.07) is 0.312. The number of nitrogens with zero attached hydrogens (tertiary/aromatic N) is 1. The maximum Gasteiger partial charge on any atom is 0.307 e. The molecule has 0 aliphatic rings. The van der Waals surface area contributed by atoms with Crippen LogP contribution < -0.4 is 0 Å². The Bertz CT molecular complexity index is 211. The fourth-order valence-corrected chi connectivity index (χ4v) is 1.25. The van der Waals surface area contributed by atoms with Crippen molar-refractivity contribution < 1.29 is 14.3 Å². The number of hydrogen-bond acceptors (Lipinski definition) is 4. The van der Waals surface area contributed by atoms with E-state index in [1.165, 1.54) is 0 Å². The highest BCUT2D eigenvalue weighted by Crippen LogP contribution is 2.08. The molecule has 96 valence electrons. The van der Waals surface area contributed by atoms with E-state index in [0.717, 1.165) is 0 Å². The molecule has 0 N–H and O–H groups in total. The molecule has 0 aromatic heterocycles. The van der Waals surface area contributed by atoms with Crippen LogP contribution in [0, 0.1) is 0 Å². The maximum atomic E-state index is 11.5. The van der Waals surface area contributed by atoms with Gasteiger partial charge < -0.3 is 14.4 Å². The lowest BCUT2D eigenvalue weighted by Crippen LogP contribution is -2.35. The lowest BCUT2D eigenvalue weighted by molar-refractivity contribution is -0.155. The van der Waals surface area contributed by atoms with Gasteiger partial charge in [-0.05, 0) is 34.7 Å². The lowest BCUT2D eigenvalue weighted by atomic mass is 10.2. The SMILES string of the molecule is COCC(C)N(C)CCC(=O)OC(C)(C)C. The van der Waals surface area contributed by atoms with Crippen molar-refractivity contribution in [2.45, 2.75) is 45.8 Å². The molecule has 0 radical (unpaired) electrons. The van der Waals surface area contributed by atoms with E-state index >= 15 is 0 Å². The summed E-state index contributed by atoms with van der Waals surface area (Å²) in [5.41, 5.74) is -0.395. The van der Waals surface area contributed by atoms with Gasteiger partial charge in [0.25, 0.3) is 0 Å². The number of likely N-dealkylation sites (N-methyl/N-ethyl adjacent to an activating group) is 1. The van der Waals surface area contributed by atoms with Crippen molar-refractivity contribution in [2.24, 2.45) is 0 Å². The van der Waals surface area contributed by atoms with E-state index in [-0.39, 0.29) is 5.97 Å². The van der Waals surface area contributed by atoms with Gasteiger partial charge in [-0.1, -0.05) is 0 Å². The number of methoxy groups -OCH3 is 1. The quantitative estimate of drug-likeness (QED) is 0.652. The predicted molar refractivity (Wildman–Crippen MR) is 64.4 cm³/mol. The van der Waals surface area contributed by atoms with E-state index in [4.69, 9.17) is 9.47 Å². The molecule has 1 atom stereocenters. The Labute approximate surface area is 98.9 Å². The first kappa shape index (κ1) is 15.4. The minimum atomic E-state index is -0.395. The van der Waals surface area contributed by atoms with E-state index in [2.05, 4.69) is 11.8 Å². The van der Waals surface area contributed by atoms with E-state index in [9.17, 15) is 4.79 Å². The van der Waals surface area contributed by atoms with Crippen LogP contribution >= 0.6 is 0 Å². The highest BCUT2D eigenvalue weighted by molar-refractivity contribution is 5.70. The third-order valence-electron chi connectivity index (χ3n) is 2.25. The van der Waals surface area contributed by atoms with Crippen LogP contribution in [0.1, 0.15) is 34.1 Å². The third-order valence-corrected chi connectivity index (χ3v) is 2.25. The van der Waals surface area contributed by atoms with Crippen LogP contribution in [0.25, 0.3) is 0 Å². The first-order valence-electron chi connectivity index (χ1n) is 5.67. The zero-order valence-corrected chi connectivity index (χ0v) is 11.4. The molecular formula is C12H25NO3. The second-order valence-corrected chi connectivity index (χ2v) is 5.12. The summed E-state index contributed by atoms with van der Waals surface area (Å²) < 4.78 is 10.3. The van der Waals surface area contributed by atoms with Crippen molar-refractivity contribution in [3.63, 3.8) is 0 Å². The number of carbonyl (C=O) groups is 1. The molecule has 0 saturated carbocycles. The highest BCUT2D eigenvalue weighted by Gasteiger charge is 2.17. The van der Waals surface area contributed by atoms with E-state index in [1.54, 1.807) is 7.11 Å². The van der Waals surface area contributed by atoms with E-state index in [0.29, 0.717) is 25.6 Å². The zero-order valence-electron chi connectivity index (χ0n) is 11.4. The molecule has 0 fully saturated rings. The molecule has 0 aliphatic carbocycles. The molecule has 0 rings (SSSR count). The van der Waals surface area contributed by atoms with E-state index < -0.39 is 5.60 Å². The molecule has 0 amide bonds. The van der Waals surface area contributed by atoms with Crippen LogP contribution in [0.15, 0.2) is 0 Å². The molecule has 16 heavy (non-hydrogen) atoms. The van der Waals surface area contributed by atoms with Crippen molar-refractivity contribution in [3.05, 3.63) is 0 Å². The monoisotopic (exact) mass is 231 g/mol. The van der Waals surface area contributed by atoms with Crippen LogP contribution in [-0.4, -0.2) is 49.8 Å². The Morgan fingerprint density at radius 2 is 1.94 bits per heavy atom. The molecule has 0 heterocycles. The smallest absolute Gasteiger partial charge is 0.307 e. The normalized spacial score (nSPS) is 13.9. The van der Waals surface area contributed by atoms with Gasteiger partial charge in [0.2, 0.25) is 0 Å². The second-order valence-electron chi connectivity index (χ2n) is 5.12. The standard InChI is InChI=1S/C12H25NO3/c1-10(9-15-6)13(5)8-7-11(14)16-12(2,3)4/h10H,7-9H2,1-6H3. The number of ether oxygens (including phenoxy) is 2. The van der Waals surface area contributed by atoms with Gasteiger partial charge in [0.05, 0.1) is 13.0 Å². The van der Waals surface area contributed by atoms with Gasteiger partial charge in [-0.3, -0.25) is 4.79 Å². The predicted octanol–water partition coefficient (Wildman–Crippen LogP) is 1.68. The summed E-state index contributed by atoms with van der Waals surface area (Å²) >= 11 is 0. The summed E-state index contributed by atoms with van der Waals surface area (Å²) in [4.78, 5) is 13.6. The summed E-state index contributed by atoms with van der Waals surface area (Å²) in [5.74, 6) is -0.149. The largest absolute Gasteiger partial charge is 0.460 e. The van der Waals surface area contributed by atoms with Crippen LogP contribution in [0.2, 0.25) is 0 Å². The average molecular weight is 231 g/mol. The maximum absolute atomic E-state index is 11.5. The van der Waals surface area contributed by atoms with Crippen LogP contribution in [0.4, 0.5) is 0 Å². The third kappa shape index (κ3) is 7.65. The van der Waals surface area contributed by atoms with Crippen molar-refractivity contribution in [2.75, 3.05) is 27.3 Å². The topological polar surface area (TPSA) is 38.8 Å². The fourth-order valence-electron chi connectivity index (χ4n) is 1.25. The molecule has 4 heteroatoms. The van der Waals surface area contributed by atoms with Crippen molar-refractivity contribution in [1.29, 1.82) is 0 Å². The molecule has 0 spiro atoms. The molecule has 0 aliphatic heterocycles. The summed E-state index contributed by atoms with van der Waals surface area (Å²) in [5, 5.41) is 0. The second kappa shape index (κ2) is 6.86. The lowest BCUT2D eigenvalue weighted by Gasteiger charge is -2.25. The Morgan fingerprint density at radius 3 is 2.38 bits per heavy atom. The molecule has 0 bridgehead atoms. The number of carbonyl (C=O) groups excluding carboxylic acids is 1. The van der Waals surface area contributed by atoms with E-state index in [1.807, 2.05) is 27.8 Å². The fraction of sp³-hybridized carbons (Fsp3) is 0.917. The van der Waals surface area contributed by atoms with Gasteiger partial charge in [0, 0.05) is 19.7 Å². The van der Waals surface area contributed by atoms with Gasteiger partial charge in [-0.25, -0.2) is 0 Å². The van der Waals surface area contributed by atoms with Crippen LogP contribution in [-0.2, 0) is 14.3 Å². The Hall–Kier alpha value is -0.610. The van der Waals surface area contributed by atoms with Crippen molar-refractivity contribution >= 4 is 5.97 Å². The highest BCUT2D eigenvalue weighted by atomic mass is 16.6. The Morgan fingerprint density at radius 1 is 1.38 bits per heavy atom. The van der Waals surface area contributed by atoms with Crippen LogP contribution in [0.3, 0.4) is 0 Å². The summed E-state index contributed by atoms with van der Waals surface area (Å²) in [6.45, 7) is 9.06. The minimum Gasteiger partial charge on any atom is -0.460 e. The minimum absolute atomic E-state index is 0.149. The van der Waals surface area contributed by atoms with Gasteiger partial charge in [-0.2, -0.15) is 0 Å². The average Bonchev–Trinajstić information content (AvgIpc) is 2.11. The first-order valence-corrected chi connectivity index (χ1v) is 5.67. The van der Waals surface area contributed by atoms with Gasteiger partial charge in [-0.15, -0.1) is 0 Å². The molecule has 0 aromatic carbocycles. The van der Waals surface area contributed by atoms with Crippen molar-refractivity contribution in [3.8, 4) is 0 Å². The molecular weight excluding hydrogens is 206 g/mol.